The van der Waals surface area contributed by atoms with E-state index in [4.69, 9.17) is 11.6 Å². The Bertz CT molecular complexity index is 746. The Morgan fingerprint density at radius 2 is 2.05 bits per heavy atom. The summed E-state index contributed by atoms with van der Waals surface area (Å²) in [6, 6.07) is 4.52. The van der Waals surface area contributed by atoms with E-state index in [-0.39, 0.29) is 15.1 Å². The van der Waals surface area contributed by atoms with E-state index in [1.165, 1.54) is 0 Å². The van der Waals surface area contributed by atoms with Crippen LogP contribution in [0.2, 0.25) is 4.34 Å². The van der Waals surface area contributed by atoms with Gasteiger partial charge in [-0.2, -0.15) is 0 Å². The summed E-state index contributed by atoms with van der Waals surface area (Å²) in [4.78, 5) is 13.8. The summed E-state index contributed by atoms with van der Waals surface area (Å²) >= 11 is 6.31. The maximum atomic E-state index is 12.0. The lowest BCUT2D eigenvalue weighted by Gasteiger charge is -2.04. The van der Waals surface area contributed by atoms with Gasteiger partial charge in [0.2, 0.25) is 10.0 Å². The van der Waals surface area contributed by atoms with Gasteiger partial charge in [0.1, 0.15) is 4.21 Å². The highest BCUT2D eigenvalue weighted by molar-refractivity contribution is 7.91. The molecule has 112 valence electrons. The standard InChI is InChI=1S/C11H10ClN3O4S2/c12-11-9(15(16)17)7-10(20-11)21(18,19)14-6-3-8-1-4-13-5-2-8/h1-2,4-5,7,14H,3,6H2. The van der Waals surface area contributed by atoms with Crippen LogP contribution in [-0.4, -0.2) is 24.9 Å². The van der Waals surface area contributed by atoms with Crippen molar-refractivity contribution in [3.05, 3.63) is 50.6 Å². The summed E-state index contributed by atoms with van der Waals surface area (Å²) < 4.78 is 26.1. The second-order valence-corrected chi connectivity index (χ2v) is 7.63. The van der Waals surface area contributed by atoms with Crippen LogP contribution in [0.15, 0.2) is 34.8 Å². The zero-order valence-electron chi connectivity index (χ0n) is 10.5. The van der Waals surface area contributed by atoms with E-state index < -0.39 is 20.6 Å². The maximum absolute atomic E-state index is 12.0. The van der Waals surface area contributed by atoms with Gasteiger partial charge in [0.05, 0.1) is 4.92 Å². The normalized spacial score (nSPS) is 11.5. The van der Waals surface area contributed by atoms with Gasteiger partial charge in [0.15, 0.2) is 4.34 Å². The first-order valence-corrected chi connectivity index (χ1v) is 8.40. The first-order chi connectivity index (χ1) is 9.90. The molecule has 0 bridgehead atoms. The van der Waals surface area contributed by atoms with Crippen molar-refractivity contribution in [2.75, 3.05) is 6.54 Å². The summed E-state index contributed by atoms with van der Waals surface area (Å²) in [5.41, 5.74) is 0.527. The minimum atomic E-state index is -3.80. The largest absolute Gasteiger partial charge is 0.300 e. The third-order valence-corrected chi connectivity index (χ3v) is 5.84. The van der Waals surface area contributed by atoms with Crippen molar-refractivity contribution < 1.29 is 13.3 Å². The quantitative estimate of drug-likeness (QED) is 0.637. The van der Waals surface area contributed by atoms with Crippen molar-refractivity contribution in [3.63, 3.8) is 0 Å². The highest BCUT2D eigenvalue weighted by atomic mass is 35.5. The van der Waals surface area contributed by atoms with Crippen molar-refractivity contribution >= 4 is 38.6 Å². The molecule has 10 heteroatoms. The fraction of sp³-hybridized carbons (Fsp3) is 0.182. The number of nitrogens with one attached hydrogen (secondary N) is 1. The second-order valence-electron chi connectivity index (χ2n) is 3.98. The van der Waals surface area contributed by atoms with Gasteiger partial charge >= 0.3 is 0 Å². The van der Waals surface area contributed by atoms with Crippen LogP contribution < -0.4 is 4.72 Å². The third kappa shape index (κ3) is 3.97. The zero-order valence-corrected chi connectivity index (χ0v) is 12.9. The van der Waals surface area contributed by atoms with E-state index in [2.05, 4.69) is 9.71 Å². The molecule has 1 N–H and O–H groups in total. The lowest BCUT2D eigenvalue weighted by molar-refractivity contribution is -0.384. The molecule has 0 aliphatic carbocycles. The molecule has 0 radical (unpaired) electrons. The molecule has 0 amide bonds. The molecule has 0 fully saturated rings. The number of hydrogen-bond donors (Lipinski definition) is 1. The molecular formula is C11H10ClN3O4S2. The molecule has 0 spiro atoms. The Morgan fingerprint density at radius 1 is 1.38 bits per heavy atom. The third-order valence-electron chi connectivity index (χ3n) is 2.56. The van der Waals surface area contributed by atoms with Gasteiger partial charge < -0.3 is 0 Å². The number of thiophene rings is 1. The molecule has 0 unspecified atom stereocenters. The van der Waals surface area contributed by atoms with Crippen LogP contribution in [0.1, 0.15) is 5.56 Å². The van der Waals surface area contributed by atoms with Crippen molar-refractivity contribution in [1.29, 1.82) is 0 Å². The predicted octanol–water partition coefficient (Wildman–Crippen LogP) is 2.23. The second kappa shape index (κ2) is 6.48. The monoisotopic (exact) mass is 347 g/mol. The molecular weight excluding hydrogens is 338 g/mol. The Balaban J connectivity index is 2.05. The summed E-state index contributed by atoms with van der Waals surface area (Å²) in [7, 11) is -3.80. The molecule has 2 rings (SSSR count). The van der Waals surface area contributed by atoms with Gasteiger partial charge in [-0.3, -0.25) is 15.1 Å². The van der Waals surface area contributed by atoms with Gasteiger partial charge in [0, 0.05) is 25.0 Å². The fourth-order valence-corrected chi connectivity index (χ4v) is 4.29. The van der Waals surface area contributed by atoms with Gasteiger partial charge in [-0.15, -0.1) is 11.3 Å². The molecule has 0 aromatic carbocycles. The van der Waals surface area contributed by atoms with E-state index >= 15 is 0 Å². The number of nitro groups is 1. The smallest absolute Gasteiger partial charge is 0.265 e. The van der Waals surface area contributed by atoms with Crippen molar-refractivity contribution in [3.8, 4) is 0 Å². The lowest BCUT2D eigenvalue weighted by Crippen LogP contribution is -2.25. The van der Waals surface area contributed by atoms with Gasteiger partial charge in [-0.1, -0.05) is 11.6 Å². The molecule has 0 atom stereocenters. The summed E-state index contributed by atoms with van der Waals surface area (Å²) in [6.07, 6.45) is 3.72. The summed E-state index contributed by atoms with van der Waals surface area (Å²) in [5, 5.41) is 10.7. The number of hydrogen-bond acceptors (Lipinski definition) is 6. The van der Waals surface area contributed by atoms with Gasteiger partial charge in [0.25, 0.3) is 5.69 Å². The molecule has 21 heavy (non-hydrogen) atoms. The average molecular weight is 348 g/mol. The molecule has 7 nitrogen and oxygen atoms in total. The van der Waals surface area contributed by atoms with Crippen LogP contribution in [0.3, 0.4) is 0 Å². The van der Waals surface area contributed by atoms with E-state index in [1.54, 1.807) is 24.5 Å². The van der Waals surface area contributed by atoms with Crippen molar-refractivity contribution in [2.45, 2.75) is 10.6 Å². The zero-order chi connectivity index (χ0) is 15.5. The Morgan fingerprint density at radius 3 is 2.62 bits per heavy atom. The molecule has 2 heterocycles. The minimum absolute atomic E-state index is 0.158. The molecule has 2 aromatic rings. The molecule has 0 saturated heterocycles. The number of sulfonamides is 1. The number of nitrogens with zero attached hydrogens (tertiary/aromatic N) is 2. The Labute approximate surface area is 129 Å². The van der Waals surface area contributed by atoms with Gasteiger partial charge in [-0.25, -0.2) is 13.1 Å². The van der Waals surface area contributed by atoms with Gasteiger partial charge in [-0.05, 0) is 24.1 Å². The molecule has 0 saturated carbocycles. The van der Waals surface area contributed by atoms with Crippen molar-refractivity contribution in [2.24, 2.45) is 0 Å². The first kappa shape index (κ1) is 15.8. The highest BCUT2D eigenvalue weighted by Crippen LogP contribution is 2.35. The van der Waals surface area contributed by atoms with Crippen LogP contribution in [0.4, 0.5) is 5.69 Å². The SMILES string of the molecule is O=[N+]([O-])c1cc(S(=O)(=O)NCCc2ccncc2)sc1Cl. The Hall–Kier alpha value is -1.55. The van der Waals surface area contributed by atoms with E-state index in [0.717, 1.165) is 11.6 Å². The predicted molar refractivity (Wildman–Crippen MR) is 79.1 cm³/mol. The first-order valence-electron chi connectivity index (χ1n) is 5.72. The average Bonchev–Trinajstić information content (AvgIpc) is 2.83. The number of pyridine rings is 1. The van der Waals surface area contributed by atoms with E-state index in [1.807, 2.05) is 0 Å². The summed E-state index contributed by atoms with van der Waals surface area (Å²) in [5.74, 6) is 0. The minimum Gasteiger partial charge on any atom is -0.265 e. The van der Waals surface area contributed by atoms with Crippen LogP contribution in [0, 0.1) is 10.1 Å². The van der Waals surface area contributed by atoms with Crippen molar-refractivity contribution in [1.82, 2.24) is 9.71 Å². The van der Waals surface area contributed by atoms with Crippen LogP contribution in [0.25, 0.3) is 0 Å². The maximum Gasteiger partial charge on any atom is 0.300 e. The van der Waals surface area contributed by atoms with Crippen LogP contribution in [0.5, 0.6) is 0 Å². The highest BCUT2D eigenvalue weighted by Gasteiger charge is 2.24. The van der Waals surface area contributed by atoms with Crippen LogP contribution in [-0.2, 0) is 16.4 Å². The summed E-state index contributed by atoms with van der Waals surface area (Å²) in [6.45, 7) is 0.176. The number of aromatic nitrogens is 1. The topological polar surface area (TPSA) is 102 Å². The Kier molecular flexibility index (Phi) is 4.88. The molecule has 2 aromatic heterocycles. The lowest BCUT2D eigenvalue weighted by atomic mass is 10.2. The molecule has 0 aliphatic heterocycles. The van der Waals surface area contributed by atoms with E-state index in [0.29, 0.717) is 17.8 Å². The number of halogens is 1. The fourth-order valence-electron chi connectivity index (χ4n) is 1.55. The molecule has 0 aliphatic rings. The number of rotatable bonds is 6. The van der Waals surface area contributed by atoms with Crippen LogP contribution >= 0.6 is 22.9 Å². The van der Waals surface area contributed by atoms with E-state index in [9.17, 15) is 18.5 Å².